The van der Waals surface area contributed by atoms with E-state index in [-0.39, 0.29) is 5.41 Å². The first-order valence-electron chi connectivity index (χ1n) is 5.69. The van der Waals surface area contributed by atoms with Crippen molar-refractivity contribution in [3.63, 3.8) is 0 Å². The summed E-state index contributed by atoms with van der Waals surface area (Å²) in [7, 11) is 0. The number of para-hydroxylation sites is 1. The van der Waals surface area contributed by atoms with Gasteiger partial charge in [-0.1, -0.05) is 32.0 Å². The van der Waals surface area contributed by atoms with Gasteiger partial charge in [-0.05, 0) is 36.1 Å². The molecular formula is C14H18N2. The molecule has 0 radical (unpaired) electrons. The second-order valence-corrected chi connectivity index (χ2v) is 4.84. The average molecular weight is 214 g/mol. The van der Waals surface area contributed by atoms with E-state index in [0.29, 0.717) is 6.54 Å². The van der Waals surface area contributed by atoms with Gasteiger partial charge < -0.3 is 5.73 Å². The lowest BCUT2D eigenvalue weighted by molar-refractivity contribution is 0.487. The van der Waals surface area contributed by atoms with Crippen molar-refractivity contribution in [2.24, 2.45) is 5.73 Å². The third-order valence-corrected chi connectivity index (χ3v) is 3.14. The van der Waals surface area contributed by atoms with Crippen molar-refractivity contribution in [2.75, 3.05) is 6.54 Å². The molecule has 0 aliphatic heterocycles. The Morgan fingerprint density at radius 1 is 1.25 bits per heavy atom. The summed E-state index contributed by atoms with van der Waals surface area (Å²) < 4.78 is 0. The molecule has 1 aromatic heterocycles. The predicted octanol–water partition coefficient (Wildman–Crippen LogP) is 2.86. The van der Waals surface area contributed by atoms with Gasteiger partial charge >= 0.3 is 0 Å². The first kappa shape index (κ1) is 11.1. The van der Waals surface area contributed by atoms with Gasteiger partial charge in [-0.25, -0.2) is 0 Å². The molecule has 0 spiro atoms. The van der Waals surface area contributed by atoms with Gasteiger partial charge in [0.2, 0.25) is 0 Å². The van der Waals surface area contributed by atoms with Crippen LogP contribution in [-0.2, 0) is 5.41 Å². The normalized spacial score (nSPS) is 11.9. The predicted molar refractivity (Wildman–Crippen MR) is 68.4 cm³/mol. The van der Waals surface area contributed by atoms with Crippen LogP contribution in [0.2, 0.25) is 0 Å². The van der Waals surface area contributed by atoms with Gasteiger partial charge in [0, 0.05) is 11.6 Å². The van der Waals surface area contributed by atoms with E-state index in [9.17, 15) is 0 Å². The van der Waals surface area contributed by atoms with Crippen LogP contribution in [-0.4, -0.2) is 11.5 Å². The topological polar surface area (TPSA) is 38.9 Å². The molecule has 0 unspecified atom stereocenters. The van der Waals surface area contributed by atoms with Crippen LogP contribution < -0.4 is 5.73 Å². The van der Waals surface area contributed by atoms with Gasteiger partial charge in [-0.2, -0.15) is 0 Å². The molecule has 84 valence electrons. The maximum Gasteiger partial charge on any atom is 0.0702 e. The molecule has 2 nitrogen and oxygen atoms in total. The molecule has 0 saturated heterocycles. The number of aromatic nitrogens is 1. The molecule has 0 atom stereocenters. The molecule has 0 saturated carbocycles. The van der Waals surface area contributed by atoms with Crippen molar-refractivity contribution in [2.45, 2.75) is 25.7 Å². The minimum atomic E-state index is 0.103. The van der Waals surface area contributed by atoms with E-state index in [0.717, 1.165) is 11.9 Å². The second kappa shape index (κ2) is 4.22. The van der Waals surface area contributed by atoms with Gasteiger partial charge in [0.05, 0.1) is 5.52 Å². The van der Waals surface area contributed by atoms with Crippen molar-refractivity contribution in [1.82, 2.24) is 4.98 Å². The summed E-state index contributed by atoms with van der Waals surface area (Å²) in [6.07, 6.45) is 2.95. The van der Waals surface area contributed by atoms with E-state index in [1.807, 2.05) is 24.4 Å². The summed E-state index contributed by atoms with van der Waals surface area (Å²) in [6, 6.07) is 10.4. The summed E-state index contributed by atoms with van der Waals surface area (Å²) in [5.41, 5.74) is 8.06. The van der Waals surface area contributed by atoms with E-state index in [1.165, 1.54) is 10.9 Å². The molecule has 2 N–H and O–H groups in total. The first-order valence-corrected chi connectivity index (χ1v) is 5.69. The summed E-state index contributed by atoms with van der Waals surface area (Å²) >= 11 is 0. The SMILES string of the molecule is CC(C)(CCN)c1cnc2ccccc2c1. The molecule has 2 heteroatoms. The van der Waals surface area contributed by atoms with Crippen LogP contribution >= 0.6 is 0 Å². The lowest BCUT2D eigenvalue weighted by Crippen LogP contribution is -2.21. The lowest BCUT2D eigenvalue weighted by Gasteiger charge is -2.24. The monoisotopic (exact) mass is 214 g/mol. The molecule has 0 aliphatic rings. The minimum absolute atomic E-state index is 0.103. The second-order valence-electron chi connectivity index (χ2n) is 4.84. The van der Waals surface area contributed by atoms with Crippen molar-refractivity contribution in [1.29, 1.82) is 0 Å². The largest absolute Gasteiger partial charge is 0.330 e. The molecule has 0 amide bonds. The Bertz CT molecular complexity index is 489. The molecule has 2 rings (SSSR count). The average Bonchev–Trinajstić information content (AvgIpc) is 2.28. The Morgan fingerprint density at radius 3 is 2.75 bits per heavy atom. The Balaban J connectivity index is 2.46. The smallest absolute Gasteiger partial charge is 0.0702 e. The van der Waals surface area contributed by atoms with Crippen LogP contribution in [0.4, 0.5) is 0 Å². The number of nitrogens with two attached hydrogens (primary N) is 1. The fourth-order valence-electron chi connectivity index (χ4n) is 1.95. The summed E-state index contributed by atoms with van der Waals surface area (Å²) in [5, 5.41) is 1.20. The molecular weight excluding hydrogens is 196 g/mol. The Morgan fingerprint density at radius 2 is 2.00 bits per heavy atom. The Hall–Kier alpha value is -1.41. The van der Waals surface area contributed by atoms with Crippen molar-refractivity contribution >= 4 is 10.9 Å². The fourth-order valence-corrected chi connectivity index (χ4v) is 1.95. The quantitative estimate of drug-likeness (QED) is 0.853. The molecule has 0 aliphatic carbocycles. The highest BCUT2D eigenvalue weighted by atomic mass is 14.7. The van der Waals surface area contributed by atoms with E-state index in [4.69, 9.17) is 5.73 Å². The Kier molecular flexibility index (Phi) is 2.92. The van der Waals surface area contributed by atoms with Gasteiger partial charge in [0.15, 0.2) is 0 Å². The van der Waals surface area contributed by atoms with Crippen LogP contribution in [0.15, 0.2) is 36.5 Å². The zero-order valence-electron chi connectivity index (χ0n) is 9.90. The number of rotatable bonds is 3. The van der Waals surface area contributed by atoms with Gasteiger partial charge in [0.1, 0.15) is 0 Å². The Labute approximate surface area is 96.5 Å². The molecule has 1 heterocycles. The van der Waals surface area contributed by atoms with Crippen LogP contribution in [0.25, 0.3) is 10.9 Å². The fraction of sp³-hybridized carbons (Fsp3) is 0.357. The van der Waals surface area contributed by atoms with E-state index >= 15 is 0 Å². The minimum Gasteiger partial charge on any atom is -0.330 e. The van der Waals surface area contributed by atoms with Crippen LogP contribution in [0.5, 0.6) is 0 Å². The van der Waals surface area contributed by atoms with Gasteiger partial charge in [-0.15, -0.1) is 0 Å². The van der Waals surface area contributed by atoms with E-state index < -0.39 is 0 Å². The number of fused-ring (bicyclic) bond motifs is 1. The number of benzene rings is 1. The number of hydrogen-bond acceptors (Lipinski definition) is 2. The maximum absolute atomic E-state index is 5.64. The lowest BCUT2D eigenvalue weighted by atomic mass is 9.82. The van der Waals surface area contributed by atoms with Crippen LogP contribution in [0, 0.1) is 0 Å². The summed E-state index contributed by atoms with van der Waals surface area (Å²) in [6.45, 7) is 5.14. The summed E-state index contributed by atoms with van der Waals surface area (Å²) in [5.74, 6) is 0. The summed E-state index contributed by atoms with van der Waals surface area (Å²) in [4.78, 5) is 4.49. The zero-order valence-corrected chi connectivity index (χ0v) is 9.90. The third-order valence-electron chi connectivity index (χ3n) is 3.14. The standard InChI is InChI=1S/C14H18N2/c1-14(2,7-8-15)12-9-11-5-3-4-6-13(11)16-10-12/h3-6,9-10H,7-8,15H2,1-2H3. The van der Waals surface area contributed by atoms with E-state index in [2.05, 4.69) is 31.0 Å². The molecule has 2 aromatic rings. The van der Waals surface area contributed by atoms with Crippen molar-refractivity contribution < 1.29 is 0 Å². The molecule has 0 fully saturated rings. The van der Waals surface area contributed by atoms with Crippen LogP contribution in [0.1, 0.15) is 25.8 Å². The van der Waals surface area contributed by atoms with Crippen LogP contribution in [0.3, 0.4) is 0 Å². The van der Waals surface area contributed by atoms with Crippen molar-refractivity contribution in [3.05, 3.63) is 42.1 Å². The van der Waals surface area contributed by atoms with Gasteiger partial charge in [-0.3, -0.25) is 4.98 Å². The van der Waals surface area contributed by atoms with E-state index in [1.54, 1.807) is 0 Å². The maximum atomic E-state index is 5.64. The number of nitrogens with zero attached hydrogens (tertiary/aromatic N) is 1. The zero-order chi connectivity index (χ0) is 11.6. The molecule has 0 bridgehead atoms. The highest BCUT2D eigenvalue weighted by Crippen LogP contribution is 2.27. The molecule has 16 heavy (non-hydrogen) atoms. The highest BCUT2D eigenvalue weighted by molar-refractivity contribution is 5.78. The highest BCUT2D eigenvalue weighted by Gasteiger charge is 2.20. The number of pyridine rings is 1. The van der Waals surface area contributed by atoms with Gasteiger partial charge in [0.25, 0.3) is 0 Å². The van der Waals surface area contributed by atoms with Crippen molar-refractivity contribution in [3.8, 4) is 0 Å². The number of hydrogen-bond donors (Lipinski definition) is 1. The molecule has 1 aromatic carbocycles. The first-order chi connectivity index (χ1) is 7.63. The third kappa shape index (κ3) is 2.07.